The van der Waals surface area contributed by atoms with Gasteiger partial charge in [-0.2, -0.15) is 5.10 Å². The largest absolute Gasteiger partial charge is 0.497 e. The Kier molecular flexibility index (Phi) is 4.87. The van der Waals surface area contributed by atoms with Crippen molar-refractivity contribution in [3.05, 3.63) is 40.1 Å². The van der Waals surface area contributed by atoms with E-state index in [2.05, 4.69) is 5.10 Å². The molecule has 4 rings (SSSR count). The van der Waals surface area contributed by atoms with Crippen LogP contribution in [0.2, 0.25) is 0 Å². The van der Waals surface area contributed by atoms with Gasteiger partial charge in [0.15, 0.2) is 0 Å². The number of hydrogen-bond acceptors (Lipinski definition) is 5. The monoisotopic (exact) mass is 386 g/mol. The van der Waals surface area contributed by atoms with E-state index in [1.165, 1.54) is 4.68 Å². The van der Waals surface area contributed by atoms with Crippen LogP contribution in [0.15, 0.2) is 23.0 Å². The lowest BCUT2D eigenvalue weighted by Gasteiger charge is -2.31. The molecule has 0 spiro atoms. The molecule has 1 saturated carbocycles. The van der Waals surface area contributed by atoms with Gasteiger partial charge >= 0.3 is 5.69 Å². The topological polar surface area (TPSA) is 78.6 Å². The zero-order valence-corrected chi connectivity index (χ0v) is 16.6. The number of rotatable bonds is 5. The molecule has 0 unspecified atom stereocenters. The van der Waals surface area contributed by atoms with Crippen LogP contribution in [0.4, 0.5) is 0 Å². The Bertz CT molecular complexity index is 914. The summed E-state index contributed by atoms with van der Waals surface area (Å²) in [4.78, 5) is 27.2. The van der Waals surface area contributed by atoms with Crippen LogP contribution in [0.5, 0.6) is 11.5 Å². The Morgan fingerprint density at radius 1 is 1.04 bits per heavy atom. The van der Waals surface area contributed by atoms with Crippen molar-refractivity contribution in [3.63, 3.8) is 0 Å². The quantitative estimate of drug-likeness (QED) is 0.785. The van der Waals surface area contributed by atoms with E-state index < -0.39 is 0 Å². The van der Waals surface area contributed by atoms with Crippen LogP contribution in [0.25, 0.3) is 0 Å². The lowest BCUT2D eigenvalue weighted by molar-refractivity contribution is 0.0709. The molecule has 1 aliphatic heterocycles. The molecule has 1 aromatic carbocycles. The number of piperidine rings is 1. The van der Waals surface area contributed by atoms with Crippen molar-refractivity contribution in [1.29, 1.82) is 0 Å². The molecular formula is C20H26N4O4. The van der Waals surface area contributed by atoms with Gasteiger partial charge in [0.2, 0.25) is 0 Å². The van der Waals surface area contributed by atoms with Crippen LogP contribution >= 0.6 is 0 Å². The van der Waals surface area contributed by atoms with E-state index in [0.717, 1.165) is 31.5 Å². The van der Waals surface area contributed by atoms with E-state index in [4.69, 9.17) is 9.47 Å². The summed E-state index contributed by atoms with van der Waals surface area (Å²) < 4.78 is 13.9. The predicted molar refractivity (Wildman–Crippen MR) is 103 cm³/mol. The molecule has 8 nitrogen and oxygen atoms in total. The van der Waals surface area contributed by atoms with E-state index in [-0.39, 0.29) is 17.5 Å². The van der Waals surface area contributed by atoms with Crippen LogP contribution in [0, 0.1) is 0 Å². The van der Waals surface area contributed by atoms with Crippen molar-refractivity contribution in [2.75, 3.05) is 27.3 Å². The SMILES string of the molecule is COc1cc(OC)cc(C(=O)N2CCC(c3nn(C)c(=O)n3C3CC3)CC2)c1. The zero-order valence-electron chi connectivity index (χ0n) is 16.6. The third-order valence-corrected chi connectivity index (χ3v) is 5.64. The summed E-state index contributed by atoms with van der Waals surface area (Å²) in [7, 11) is 4.85. The molecular weight excluding hydrogens is 360 g/mol. The Labute approximate surface area is 163 Å². The first kappa shape index (κ1) is 18.6. The number of carbonyl (C=O) groups excluding carboxylic acids is 1. The van der Waals surface area contributed by atoms with E-state index in [0.29, 0.717) is 36.2 Å². The summed E-state index contributed by atoms with van der Waals surface area (Å²) in [6.45, 7) is 1.27. The minimum absolute atomic E-state index is 0.0283. The molecule has 0 atom stereocenters. The highest BCUT2D eigenvalue weighted by molar-refractivity contribution is 5.95. The summed E-state index contributed by atoms with van der Waals surface area (Å²) in [6, 6.07) is 5.53. The molecule has 2 heterocycles. The second kappa shape index (κ2) is 7.33. The number of ether oxygens (including phenoxy) is 2. The van der Waals surface area contributed by atoms with Crippen molar-refractivity contribution in [2.45, 2.75) is 37.6 Å². The maximum Gasteiger partial charge on any atom is 0.345 e. The molecule has 1 saturated heterocycles. The zero-order chi connectivity index (χ0) is 19.8. The van der Waals surface area contributed by atoms with Gasteiger partial charge in [0, 0.05) is 43.7 Å². The van der Waals surface area contributed by atoms with Gasteiger partial charge in [-0.1, -0.05) is 0 Å². The number of likely N-dealkylation sites (tertiary alicyclic amines) is 1. The Hall–Kier alpha value is -2.77. The van der Waals surface area contributed by atoms with Gasteiger partial charge in [0.25, 0.3) is 5.91 Å². The molecule has 2 aromatic rings. The Morgan fingerprint density at radius 3 is 2.18 bits per heavy atom. The molecule has 0 radical (unpaired) electrons. The van der Waals surface area contributed by atoms with Crippen LogP contribution in [-0.2, 0) is 7.05 Å². The van der Waals surface area contributed by atoms with Gasteiger partial charge in [0.05, 0.1) is 14.2 Å². The third-order valence-electron chi connectivity index (χ3n) is 5.64. The highest BCUT2D eigenvalue weighted by Gasteiger charge is 2.34. The fraction of sp³-hybridized carbons (Fsp3) is 0.550. The third kappa shape index (κ3) is 3.39. The minimum Gasteiger partial charge on any atom is -0.497 e. The van der Waals surface area contributed by atoms with E-state index in [9.17, 15) is 9.59 Å². The number of nitrogens with zero attached hydrogens (tertiary/aromatic N) is 4. The number of aryl methyl sites for hydroxylation is 1. The predicted octanol–water partition coefficient (Wildman–Crippen LogP) is 1.95. The first-order valence-electron chi connectivity index (χ1n) is 9.69. The normalized spacial score (nSPS) is 17.6. The summed E-state index contributed by atoms with van der Waals surface area (Å²) >= 11 is 0. The standard InChI is InChI=1S/C20H26N4O4/c1-22-20(26)24(15-4-5-15)18(21-22)13-6-8-23(9-7-13)19(25)14-10-16(27-2)12-17(11-14)28-3/h10-13,15H,4-9H2,1-3H3. The molecule has 0 N–H and O–H groups in total. The highest BCUT2D eigenvalue weighted by atomic mass is 16.5. The summed E-state index contributed by atoms with van der Waals surface area (Å²) in [5.74, 6) is 2.25. The van der Waals surface area contributed by atoms with Crippen molar-refractivity contribution >= 4 is 5.91 Å². The Balaban J connectivity index is 1.48. The second-order valence-electron chi connectivity index (χ2n) is 7.53. The van der Waals surface area contributed by atoms with E-state index in [1.807, 2.05) is 9.47 Å². The Morgan fingerprint density at radius 2 is 1.64 bits per heavy atom. The lowest BCUT2D eigenvalue weighted by Crippen LogP contribution is -2.38. The van der Waals surface area contributed by atoms with E-state index >= 15 is 0 Å². The molecule has 2 aliphatic rings. The number of hydrogen-bond donors (Lipinski definition) is 0. The molecule has 1 aromatic heterocycles. The second-order valence-corrected chi connectivity index (χ2v) is 7.53. The van der Waals surface area contributed by atoms with Crippen LogP contribution in [-0.4, -0.2) is 52.5 Å². The van der Waals surface area contributed by atoms with Crippen molar-refractivity contribution < 1.29 is 14.3 Å². The first-order chi connectivity index (χ1) is 13.5. The van der Waals surface area contributed by atoms with Crippen LogP contribution in [0.3, 0.4) is 0 Å². The van der Waals surface area contributed by atoms with Crippen molar-refractivity contribution in [1.82, 2.24) is 19.2 Å². The van der Waals surface area contributed by atoms with Gasteiger partial charge < -0.3 is 14.4 Å². The van der Waals surface area contributed by atoms with Gasteiger partial charge in [-0.25, -0.2) is 9.48 Å². The number of benzene rings is 1. The number of carbonyl (C=O) groups is 1. The van der Waals surface area contributed by atoms with Gasteiger partial charge in [-0.3, -0.25) is 9.36 Å². The van der Waals surface area contributed by atoms with Gasteiger partial charge in [-0.05, 0) is 37.8 Å². The fourth-order valence-electron chi connectivity index (χ4n) is 3.91. The smallest absolute Gasteiger partial charge is 0.345 e. The fourth-order valence-corrected chi connectivity index (χ4v) is 3.91. The van der Waals surface area contributed by atoms with Crippen molar-refractivity contribution in [3.8, 4) is 11.5 Å². The molecule has 8 heteroatoms. The molecule has 1 amide bonds. The summed E-state index contributed by atoms with van der Waals surface area (Å²) in [6.07, 6.45) is 3.70. The minimum atomic E-state index is -0.0312. The van der Waals surface area contributed by atoms with Gasteiger partial charge in [0.1, 0.15) is 17.3 Å². The molecule has 28 heavy (non-hydrogen) atoms. The summed E-state index contributed by atoms with van der Waals surface area (Å²) in [5.41, 5.74) is 0.529. The summed E-state index contributed by atoms with van der Waals surface area (Å²) in [5, 5.41) is 4.50. The number of amides is 1. The first-order valence-corrected chi connectivity index (χ1v) is 9.69. The van der Waals surface area contributed by atoms with Crippen LogP contribution in [0.1, 0.15) is 53.8 Å². The average Bonchev–Trinajstić information content (AvgIpc) is 3.52. The van der Waals surface area contributed by atoms with Crippen molar-refractivity contribution in [2.24, 2.45) is 7.05 Å². The average molecular weight is 386 g/mol. The van der Waals surface area contributed by atoms with Gasteiger partial charge in [-0.15, -0.1) is 0 Å². The molecule has 1 aliphatic carbocycles. The van der Waals surface area contributed by atoms with Crippen LogP contribution < -0.4 is 15.2 Å². The molecule has 0 bridgehead atoms. The molecule has 2 fully saturated rings. The number of methoxy groups -OCH3 is 2. The maximum atomic E-state index is 13.0. The molecule has 150 valence electrons. The maximum absolute atomic E-state index is 13.0. The highest BCUT2D eigenvalue weighted by Crippen LogP contribution is 2.37. The lowest BCUT2D eigenvalue weighted by atomic mass is 9.95. The van der Waals surface area contributed by atoms with E-state index in [1.54, 1.807) is 39.5 Å². The number of aromatic nitrogens is 3.